The molecule has 1 spiro atoms. The third-order valence-corrected chi connectivity index (χ3v) is 10.9. The Morgan fingerprint density at radius 3 is 2.48 bits per heavy atom. The zero-order valence-corrected chi connectivity index (χ0v) is 30.7. The molecular weight excluding hydrogens is 726 g/mol. The Morgan fingerprint density at radius 1 is 1.16 bits per heavy atom. The minimum absolute atomic E-state index is 0.0251. The lowest BCUT2D eigenvalue weighted by atomic mass is 9.70. The maximum absolute atomic E-state index is 14.9. The number of allylic oxidation sites excluding steroid dienone is 1. The summed E-state index contributed by atoms with van der Waals surface area (Å²) in [6.07, 6.45) is 3.12. The first-order chi connectivity index (χ1) is 24.0. The molecule has 8 atom stereocenters. The minimum Gasteiger partial charge on any atom is -0.455 e. The number of likely N-dealkylation sites (tertiary alicyclic amines) is 1. The van der Waals surface area contributed by atoms with E-state index in [1.807, 2.05) is 32.0 Å². The molecule has 3 aliphatic heterocycles. The molecule has 3 amide bonds. The molecule has 2 aromatic carbocycles. The van der Waals surface area contributed by atoms with Crippen LogP contribution in [0.15, 0.2) is 79.9 Å². The molecule has 3 heterocycles. The van der Waals surface area contributed by atoms with Gasteiger partial charge in [0.15, 0.2) is 0 Å². The number of carbonyl (C=O) groups is 4. The first-order valence-electron chi connectivity index (χ1n) is 17.0. The molecule has 3 saturated heterocycles. The highest BCUT2D eigenvalue weighted by molar-refractivity contribution is 9.09. The van der Waals surface area contributed by atoms with Crippen molar-refractivity contribution < 1.29 is 33.8 Å². The van der Waals surface area contributed by atoms with Crippen LogP contribution >= 0.6 is 27.5 Å². The van der Waals surface area contributed by atoms with Crippen LogP contribution < -0.4 is 10.2 Å². The summed E-state index contributed by atoms with van der Waals surface area (Å²) >= 11 is 9.89. The number of halogens is 2. The predicted octanol–water partition coefficient (Wildman–Crippen LogP) is 5.38. The quantitative estimate of drug-likeness (QED) is 0.134. The zero-order valence-electron chi connectivity index (χ0n) is 28.4. The van der Waals surface area contributed by atoms with Crippen molar-refractivity contribution in [1.82, 2.24) is 10.2 Å². The summed E-state index contributed by atoms with van der Waals surface area (Å²) in [5, 5.41) is 14.0. The molecule has 0 radical (unpaired) electrons. The second-order valence-corrected chi connectivity index (χ2v) is 15.2. The summed E-state index contributed by atoms with van der Waals surface area (Å²) in [4.78, 5) is 59.1. The van der Waals surface area contributed by atoms with E-state index in [1.54, 1.807) is 48.6 Å². The normalized spacial score (nSPS) is 26.3. The Morgan fingerprint density at radius 2 is 1.86 bits per heavy atom. The lowest BCUT2D eigenvalue weighted by Crippen LogP contribution is -2.59. The molecule has 2 bridgehead atoms. The van der Waals surface area contributed by atoms with Gasteiger partial charge in [0.1, 0.15) is 17.7 Å². The molecule has 2 N–H and O–H groups in total. The maximum Gasteiger partial charge on any atom is 0.313 e. The molecular formula is C38H45BrClN3O7. The zero-order chi connectivity index (χ0) is 36.2. The first kappa shape index (κ1) is 37.7. The Bertz CT molecular complexity index is 1570. The fraction of sp³-hybridized carbons (Fsp3) is 0.474. The van der Waals surface area contributed by atoms with Gasteiger partial charge in [0.2, 0.25) is 11.8 Å². The number of ether oxygens (including phenoxy) is 2. The van der Waals surface area contributed by atoms with Crippen molar-refractivity contribution in [3.8, 4) is 0 Å². The molecule has 0 saturated carbocycles. The van der Waals surface area contributed by atoms with E-state index in [9.17, 15) is 24.3 Å². The summed E-state index contributed by atoms with van der Waals surface area (Å²) in [5.74, 6) is -3.73. The summed E-state index contributed by atoms with van der Waals surface area (Å²) in [7, 11) is 0. The molecule has 1 unspecified atom stereocenters. The predicted molar refractivity (Wildman–Crippen MR) is 195 cm³/mol. The van der Waals surface area contributed by atoms with E-state index < -0.39 is 59.5 Å². The monoisotopic (exact) mass is 769 g/mol. The molecule has 3 fully saturated rings. The number of amides is 3. The smallest absolute Gasteiger partial charge is 0.313 e. The number of aliphatic hydroxyl groups excluding tert-OH is 1. The van der Waals surface area contributed by atoms with E-state index in [2.05, 4.69) is 34.4 Å². The Labute approximate surface area is 306 Å². The van der Waals surface area contributed by atoms with Gasteiger partial charge in [0.25, 0.3) is 5.91 Å². The van der Waals surface area contributed by atoms with Crippen LogP contribution in [0.3, 0.4) is 0 Å². The van der Waals surface area contributed by atoms with Crippen LogP contribution in [-0.4, -0.2) is 82.0 Å². The molecule has 10 nitrogen and oxygen atoms in total. The van der Waals surface area contributed by atoms with E-state index >= 15 is 0 Å². The SMILES string of the molecule is C=CCCC(=O)NC[C@H](OC(=O)[C@@H]1[C@H]2O[C@@]3(CC2Br)[C@H](C(=O)N(CC=C)c2ccc(Cl)cc2)N([C@@H](CO)CC(C)C)C(=O)[C@@H]13)c1ccccc1. The molecule has 268 valence electrons. The van der Waals surface area contributed by atoms with Gasteiger partial charge >= 0.3 is 5.97 Å². The Hall–Kier alpha value is -3.51. The number of aliphatic hydroxyl groups is 1. The lowest BCUT2D eigenvalue weighted by Gasteiger charge is -2.39. The minimum atomic E-state index is -1.38. The number of benzene rings is 2. The fourth-order valence-corrected chi connectivity index (χ4v) is 8.76. The average molecular weight is 771 g/mol. The third kappa shape index (κ3) is 7.42. The summed E-state index contributed by atoms with van der Waals surface area (Å²) in [6, 6.07) is 14.0. The topological polar surface area (TPSA) is 125 Å². The van der Waals surface area contributed by atoms with Crippen LogP contribution in [0.25, 0.3) is 0 Å². The molecule has 0 aliphatic carbocycles. The van der Waals surface area contributed by atoms with E-state index in [4.69, 9.17) is 21.1 Å². The van der Waals surface area contributed by atoms with Crippen LogP contribution in [0.5, 0.6) is 0 Å². The fourth-order valence-electron chi connectivity index (χ4n) is 7.69. The van der Waals surface area contributed by atoms with Gasteiger partial charge in [-0.05, 0) is 55.0 Å². The number of rotatable bonds is 16. The van der Waals surface area contributed by atoms with E-state index in [1.165, 1.54) is 9.80 Å². The standard InChI is InChI=1S/C38H45BrClN3O7/c1-5-7-13-30(45)41-21-29(24-11-9-8-10-12-24)49-37(48)31-32-35(46)43(27(22-44)19-23(3)4)34(38(32)20-28(39)33(31)50-38)36(47)42(18-6-2)26-16-14-25(40)15-17-26/h5-6,8-12,14-17,23,27-29,31-34,44H,1-2,7,13,18-22H2,3-4H3,(H,41,45)/t27-,28?,29+,31+,32-,33+,34+,38-/m1/s1. The van der Waals surface area contributed by atoms with Crippen LogP contribution in [0, 0.1) is 17.8 Å². The van der Waals surface area contributed by atoms with Crippen molar-refractivity contribution >= 4 is 56.9 Å². The van der Waals surface area contributed by atoms with Crippen molar-refractivity contribution in [2.45, 2.75) is 74.3 Å². The van der Waals surface area contributed by atoms with Gasteiger partial charge in [-0.25, -0.2) is 0 Å². The molecule has 5 rings (SSSR count). The van der Waals surface area contributed by atoms with Crippen molar-refractivity contribution in [1.29, 1.82) is 0 Å². The van der Waals surface area contributed by atoms with Gasteiger partial charge in [0, 0.05) is 28.5 Å². The Balaban J connectivity index is 1.53. The lowest BCUT2D eigenvalue weighted by molar-refractivity contribution is -0.161. The van der Waals surface area contributed by atoms with Crippen molar-refractivity contribution in [3.05, 3.63) is 90.5 Å². The third-order valence-electron chi connectivity index (χ3n) is 9.79. The average Bonchev–Trinajstić information content (AvgIpc) is 3.70. The number of anilines is 1. The van der Waals surface area contributed by atoms with E-state index in [0.29, 0.717) is 29.1 Å². The highest BCUT2D eigenvalue weighted by Gasteiger charge is 2.77. The van der Waals surface area contributed by atoms with Crippen molar-refractivity contribution in [2.75, 3.05) is 24.6 Å². The van der Waals surface area contributed by atoms with Gasteiger partial charge in [0.05, 0.1) is 37.1 Å². The van der Waals surface area contributed by atoms with Crippen molar-refractivity contribution in [3.63, 3.8) is 0 Å². The number of hydrogen-bond donors (Lipinski definition) is 2. The van der Waals surface area contributed by atoms with Crippen LogP contribution in [0.2, 0.25) is 5.02 Å². The molecule has 3 aliphatic rings. The molecule has 2 aromatic rings. The number of fused-ring (bicyclic) bond motifs is 1. The van der Waals surface area contributed by atoms with Crippen LogP contribution in [-0.2, 0) is 28.7 Å². The van der Waals surface area contributed by atoms with Crippen LogP contribution in [0.4, 0.5) is 5.69 Å². The van der Waals surface area contributed by atoms with Gasteiger partial charge in [-0.1, -0.05) is 83.9 Å². The second kappa shape index (κ2) is 16.2. The number of hydrogen-bond acceptors (Lipinski definition) is 7. The van der Waals surface area contributed by atoms with Crippen LogP contribution in [0.1, 0.15) is 51.2 Å². The highest BCUT2D eigenvalue weighted by atomic mass is 79.9. The number of esters is 1. The molecule has 50 heavy (non-hydrogen) atoms. The van der Waals surface area contributed by atoms with E-state index in [0.717, 1.165) is 0 Å². The number of alkyl halides is 1. The number of nitrogens with one attached hydrogen (secondary N) is 1. The van der Waals surface area contributed by atoms with E-state index in [-0.39, 0.29) is 49.2 Å². The Kier molecular flexibility index (Phi) is 12.2. The van der Waals surface area contributed by atoms with Crippen molar-refractivity contribution in [2.24, 2.45) is 17.8 Å². The highest BCUT2D eigenvalue weighted by Crippen LogP contribution is 2.61. The summed E-state index contributed by atoms with van der Waals surface area (Å²) in [5.41, 5.74) is -0.156. The number of nitrogens with zero attached hydrogens (tertiary/aromatic N) is 2. The largest absolute Gasteiger partial charge is 0.455 e. The summed E-state index contributed by atoms with van der Waals surface area (Å²) in [6.45, 7) is 11.3. The summed E-state index contributed by atoms with van der Waals surface area (Å²) < 4.78 is 12.9. The van der Waals surface area contributed by atoms with Gasteiger partial charge in [-0.2, -0.15) is 0 Å². The first-order valence-corrected chi connectivity index (χ1v) is 18.3. The number of carbonyl (C=O) groups excluding carboxylic acids is 4. The second-order valence-electron chi connectivity index (χ2n) is 13.6. The van der Waals surface area contributed by atoms with Gasteiger partial charge < -0.3 is 29.7 Å². The maximum atomic E-state index is 14.9. The van der Waals surface area contributed by atoms with Gasteiger partial charge in [-0.3, -0.25) is 19.2 Å². The van der Waals surface area contributed by atoms with Gasteiger partial charge in [-0.15, -0.1) is 13.2 Å². The molecule has 0 aromatic heterocycles. The molecule has 12 heteroatoms.